The first-order valence-electron chi connectivity index (χ1n) is 14.7. The Morgan fingerprint density at radius 2 is 1.71 bits per heavy atom. The number of carbonyl (C=O) groups is 2. The maximum Gasteiger partial charge on any atom is 0.407 e. The smallest absolute Gasteiger partial charge is 0.407 e. The number of aliphatic hydroxyl groups is 1. The van der Waals surface area contributed by atoms with Gasteiger partial charge in [-0.2, -0.15) is 0 Å². The standard InChI is InChI=1S/C32H41N5O4/c1-32(2,3)41-31(40)35-18-22-10-8-21(9-11-22)17-34-30(39)26-16-28(36-27-7-5-4-6-25(26)27)23-12-13-29(33-19-23)37-15-14-24(38)20-37/h4-7,12-13,16,19,21-22,24,38H,8-11,14-15,17-18,20H2,1-3H3,(H,34,39)(H,35,40)/t21?,22?,24-/m1/s1. The highest BCUT2D eigenvalue weighted by Crippen LogP contribution is 2.29. The van der Waals surface area contributed by atoms with Crippen molar-refractivity contribution in [3.05, 3.63) is 54.2 Å². The fourth-order valence-electron chi connectivity index (χ4n) is 5.70. The van der Waals surface area contributed by atoms with Crippen LogP contribution in [0.5, 0.6) is 0 Å². The molecule has 0 bridgehead atoms. The van der Waals surface area contributed by atoms with Gasteiger partial charge in [0.1, 0.15) is 11.4 Å². The first-order chi connectivity index (χ1) is 19.6. The van der Waals surface area contributed by atoms with Crippen molar-refractivity contribution in [1.82, 2.24) is 20.6 Å². The van der Waals surface area contributed by atoms with E-state index < -0.39 is 5.60 Å². The van der Waals surface area contributed by atoms with Gasteiger partial charge in [0.25, 0.3) is 5.91 Å². The van der Waals surface area contributed by atoms with Gasteiger partial charge in [-0.15, -0.1) is 0 Å². The van der Waals surface area contributed by atoms with Crippen LogP contribution in [0.25, 0.3) is 22.2 Å². The van der Waals surface area contributed by atoms with Crippen molar-refractivity contribution < 1.29 is 19.4 Å². The van der Waals surface area contributed by atoms with Crippen LogP contribution in [0.1, 0.15) is 63.2 Å². The van der Waals surface area contributed by atoms with Crippen LogP contribution in [-0.2, 0) is 4.74 Å². The van der Waals surface area contributed by atoms with Crippen molar-refractivity contribution in [1.29, 1.82) is 0 Å². The summed E-state index contributed by atoms with van der Waals surface area (Å²) in [5.74, 6) is 1.57. The Kier molecular flexibility index (Phi) is 8.73. The zero-order valence-electron chi connectivity index (χ0n) is 24.2. The summed E-state index contributed by atoms with van der Waals surface area (Å²) in [6.07, 6.45) is 5.90. The number of anilines is 1. The molecule has 0 radical (unpaired) electrons. The number of benzene rings is 1. The second kappa shape index (κ2) is 12.4. The van der Waals surface area contributed by atoms with Crippen LogP contribution >= 0.6 is 0 Å². The number of fused-ring (bicyclic) bond motifs is 1. The molecule has 2 amide bonds. The van der Waals surface area contributed by atoms with Crippen LogP contribution in [0.3, 0.4) is 0 Å². The van der Waals surface area contributed by atoms with E-state index in [0.29, 0.717) is 42.7 Å². The average Bonchev–Trinajstić information content (AvgIpc) is 3.40. The number of aliphatic hydroxyl groups excluding tert-OH is 1. The molecule has 2 aromatic heterocycles. The second-order valence-electron chi connectivity index (χ2n) is 12.3. The summed E-state index contributed by atoms with van der Waals surface area (Å²) in [5, 5.41) is 16.7. The van der Waals surface area contributed by atoms with Crippen LogP contribution < -0.4 is 15.5 Å². The maximum absolute atomic E-state index is 13.5. The summed E-state index contributed by atoms with van der Waals surface area (Å²) in [5.41, 5.74) is 2.41. The average molecular weight is 560 g/mol. The maximum atomic E-state index is 13.5. The molecule has 5 rings (SSSR count). The fourth-order valence-corrected chi connectivity index (χ4v) is 5.70. The molecule has 3 N–H and O–H groups in total. The monoisotopic (exact) mass is 559 g/mol. The van der Waals surface area contributed by atoms with Gasteiger partial charge in [-0.05, 0) is 89.0 Å². The molecule has 0 unspecified atom stereocenters. The highest BCUT2D eigenvalue weighted by Gasteiger charge is 2.24. The number of aromatic nitrogens is 2. The molecular weight excluding hydrogens is 518 g/mol. The Morgan fingerprint density at radius 1 is 1.00 bits per heavy atom. The van der Waals surface area contributed by atoms with E-state index in [4.69, 9.17) is 9.72 Å². The number of β-amino-alcohol motifs (C(OH)–C–C–N with tert-alkyl or cyclic N) is 1. The Labute approximate surface area is 241 Å². The van der Waals surface area contributed by atoms with Crippen LogP contribution in [-0.4, -0.2) is 65.0 Å². The molecule has 1 aliphatic heterocycles. The number of ether oxygens (including phenoxy) is 1. The molecule has 41 heavy (non-hydrogen) atoms. The molecule has 9 nitrogen and oxygen atoms in total. The van der Waals surface area contributed by atoms with E-state index in [1.807, 2.05) is 63.2 Å². The van der Waals surface area contributed by atoms with Gasteiger partial charge < -0.3 is 25.4 Å². The number of pyridine rings is 2. The number of alkyl carbamates (subject to hydrolysis) is 1. The highest BCUT2D eigenvalue weighted by molar-refractivity contribution is 6.07. The van der Waals surface area contributed by atoms with Gasteiger partial charge in [0.15, 0.2) is 0 Å². The zero-order valence-corrected chi connectivity index (χ0v) is 24.2. The SMILES string of the molecule is CC(C)(C)OC(=O)NCC1CCC(CNC(=O)c2cc(-c3ccc(N4CC[C@@H](O)C4)nc3)nc3ccccc23)CC1. The fraction of sp³-hybridized carbons (Fsp3) is 0.500. The molecule has 1 saturated heterocycles. The molecule has 1 saturated carbocycles. The van der Waals surface area contributed by atoms with E-state index in [9.17, 15) is 14.7 Å². The Bertz CT molecular complexity index is 1360. The van der Waals surface area contributed by atoms with Crippen molar-refractivity contribution in [2.75, 3.05) is 31.1 Å². The van der Waals surface area contributed by atoms with Gasteiger partial charge in [0.2, 0.25) is 0 Å². The van der Waals surface area contributed by atoms with Gasteiger partial charge in [-0.1, -0.05) is 18.2 Å². The first kappa shape index (κ1) is 28.8. The lowest BCUT2D eigenvalue weighted by molar-refractivity contribution is 0.0512. The summed E-state index contributed by atoms with van der Waals surface area (Å²) in [4.78, 5) is 36.9. The Balaban J connectivity index is 1.19. The van der Waals surface area contributed by atoms with Crippen LogP contribution in [0, 0.1) is 11.8 Å². The number of nitrogens with zero attached hydrogens (tertiary/aromatic N) is 3. The number of amides is 2. The van der Waals surface area contributed by atoms with Crippen molar-refractivity contribution >= 4 is 28.7 Å². The highest BCUT2D eigenvalue weighted by atomic mass is 16.6. The van der Waals surface area contributed by atoms with Gasteiger partial charge in [0.05, 0.1) is 22.9 Å². The van der Waals surface area contributed by atoms with E-state index in [2.05, 4.69) is 20.5 Å². The lowest BCUT2D eigenvalue weighted by atomic mass is 9.82. The number of para-hydroxylation sites is 1. The lowest BCUT2D eigenvalue weighted by Crippen LogP contribution is -2.37. The van der Waals surface area contributed by atoms with Crippen LogP contribution in [0.4, 0.5) is 10.6 Å². The van der Waals surface area contributed by atoms with Crippen molar-refractivity contribution in [3.8, 4) is 11.3 Å². The lowest BCUT2D eigenvalue weighted by Gasteiger charge is -2.29. The molecule has 1 atom stereocenters. The third-order valence-corrected chi connectivity index (χ3v) is 7.94. The summed E-state index contributed by atoms with van der Waals surface area (Å²) < 4.78 is 5.34. The molecule has 3 heterocycles. The third-order valence-electron chi connectivity index (χ3n) is 7.94. The number of hydrogen-bond acceptors (Lipinski definition) is 7. The van der Waals surface area contributed by atoms with Crippen molar-refractivity contribution in [2.45, 2.75) is 64.6 Å². The molecule has 1 aliphatic carbocycles. The number of nitrogens with one attached hydrogen (secondary N) is 2. The molecule has 218 valence electrons. The number of hydrogen-bond donors (Lipinski definition) is 3. The molecule has 2 fully saturated rings. The summed E-state index contributed by atoms with van der Waals surface area (Å²) in [6.45, 7) is 8.20. The minimum atomic E-state index is -0.499. The first-order valence-corrected chi connectivity index (χ1v) is 14.7. The normalized spacial score (nSPS) is 21.1. The zero-order chi connectivity index (χ0) is 29.0. The predicted octanol–water partition coefficient (Wildman–Crippen LogP) is 4.93. The Morgan fingerprint density at radius 3 is 2.34 bits per heavy atom. The topological polar surface area (TPSA) is 117 Å². The van der Waals surface area contributed by atoms with Crippen molar-refractivity contribution in [3.63, 3.8) is 0 Å². The quantitative estimate of drug-likeness (QED) is 0.376. The molecule has 3 aromatic rings. The van der Waals surface area contributed by atoms with E-state index in [0.717, 1.165) is 60.9 Å². The molecule has 9 heteroatoms. The van der Waals surface area contributed by atoms with Gasteiger partial charge in [0, 0.05) is 43.3 Å². The molecule has 1 aromatic carbocycles. The van der Waals surface area contributed by atoms with Crippen molar-refractivity contribution in [2.24, 2.45) is 11.8 Å². The molecular formula is C32H41N5O4. The minimum absolute atomic E-state index is 0.103. The van der Waals surface area contributed by atoms with Crippen LogP contribution in [0.15, 0.2) is 48.7 Å². The number of carbonyl (C=O) groups excluding carboxylic acids is 2. The minimum Gasteiger partial charge on any atom is -0.444 e. The Hall–Kier alpha value is -3.72. The van der Waals surface area contributed by atoms with Crippen LogP contribution in [0.2, 0.25) is 0 Å². The van der Waals surface area contributed by atoms with Gasteiger partial charge in [-0.25, -0.2) is 14.8 Å². The largest absolute Gasteiger partial charge is 0.444 e. The van der Waals surface area contributed by atoms with Gasteiger partial charge >= 0.3 is 6.09 Å². The molecule has 2 aliphatic rings. The summed E-state index contributed by atoms with van der Waals surface area (Å²) >= 11 is 0. The van der Waals surface area contributed by atoms with E-state index in [1.54, 1.807) is 6.20 Å². The van der Waals surface area contributed by atoms with E-state index in [1.165, 1.54) is 0 Å². The summed E-state index contributed by atoms with van der Waals surface area (Å²) in [6, 6.07) is 13.5. The predicted molar refractivity (Wildman–Crippen MR) is 160 cm³/mol. The second-order valence-corrected chi connectivity index (χ2v) is 12.3. The van der Waals surface area contributed by atoms with E-state index >= 15 is 0 Å². The molecule has 0 spiro atoms. The third kappa shape index (κ3) is 7.52. The van der Waals surface area contributed by atoms with E-state index in [-0.39, 0.29) is 18.1 Å². The number of rotatable bonds is 7. The summed E-state index contributed by atoms with van der Waals surface area (Å²) in [7, 11) is 0. The van der Waals surface area contributed by atoms with Gasteiger partial charge in [-0.3, -0.25) is 4.79 Å².